The number of likely N-dealkylation sites (N-methyl/N-ethyl adjacent to an activating group) is 2. The Morgan fingerprint density at radius 3 is 2.50 bits per heavy atom. The van der Waals surface area contributed by atoms with Crippen LogP contribution in [0.2, 0.25) is 0 Å². The van der Waals surface area contributed by atoms with Crippen LogP contribution in [-0.2, 0) is 0 Å². The lowest BCUT2D eigenvalue weighted by atomic mass is 9.86. The molecule has 16 heavy (non-hydrogen) atoms. The quantitative estimate of drug-likeness (QED) is 0.775. The van der Waals surface area contributed by atoms with Gasteiger partial charge in [0.05, 0.1) is 0 Å². The molecule has 0 spiro atoms. The summed E-state index contributed by atoms with van der Waals surface area (Å²) in [6.07, 6.45) is 3.92. The van der Waals surface area contributed by atoms with Crippen LogP contribution in [-0.4, -0.2) is 36.6 Å². The third-order valence-electron chi connectivity index (χ3n) is 4.54. The summed E-state index contributed by atoms with van der Waals surface area (Å²) in [6.45, 7) is 12.7. The van der Waals surface area contributed by atoms with Gasteiger partial charge < -0.3 is 5.32 Å². The fraction of sp³-hybridized carbons (Fsp3) is 1.00. The molecule has 1 aliphatic carbocycles. The Morgan fingerprint density at radius 1 is 1.38 bits per heavy atom. The molecule has 0 saturated heterocycles. The predicted molar refractivity (Wildman–Crippen MR) is 71.8 cm³/mol. The van der Waals surface area contributed by atoms with E-state index >= 15 is 0 Å². The van der Waals surface area contributed by atoms with E-state index in [2.05, 4.69) is 51.9 Å². The van der Waals surface area contributed by atoms with Crippen LogP contribution in [0.5, 0.6) is 0 Å². The minimum Gasteiger partial charge on any atom is -0.312 e. The average Bonchev–Trinajstić information content (AvgIpc) is 2.54. The van der Waals surface area contributed by atoms with E-state index in [9.17, 15) is 0 Å². The lowest BCUT2D eigenvalue weighted by Gasteiger charge is -2.38. The smallest absolute Gasteiger partial charge is 0.0274 e. The number of hydrogen-bond donors (Lipinski definition) is 1. The monoisotopic (exact) mass is 226 g/mol. The van der Waals surface area contributed by atoms with Crippen molar-refractivity contribution in [3.8, 4) is 0 Å². The SMILES string of the molecule is CCNC1C(N(C)C(C)CC)CCC1(C)C. The topological polar surface area (TPSA) is 15.3 Å². The molecule has 1 fully saturated rings. The Morgan fingerprint density at radius 2 is 2.00 bits per heavy atom. The summed E-state index contributed by atoms with van der Waals surface area (Å²) < 4.78 is 0. The minimum absolute atomic E-state index is 0.447. The van der Waals surface area contributed by atoms with Gasteiger partial charge in [-0.05, 0) is 45.2 Å². The zero-order valence-corrected chi connectivity index (χ0v) is 12.0. The molecule has 0 bridgehead atoms. The number of nitrogens with one attached hydrogen (secondary N) is 1. The first-order valence-electron chi connectivity index (χ1n) is 6.89. The van der Waals surface area contributed by atoms with E-state index in [1.807, 2.05) is 0 Å². The highest BCUT2D eigenvalue weighted by Crippen LogP contribution is 2.40. The van der Waals surface area contributed by atoms with Crippen molar-refractivity contribution >= 4 is 0 Å². The van der Waals surface area contributed by atoms with E-state index in [-0.39, 0.29) is 0 Å². The summed E-state index contributed by atoms with van der Waals surface area (Å²) in [7, 11) is 2.30. The van der Waals surface area contributed by atoms with Crippen LogP contribution in [0.1, 0.15) is 53.9 Å². The molecule has 1 saturated carbocycles. The zero-order valence-electron chi connectivity index (χ0n) is 12.0. The Balaban J connectivity index is 2.72. The van der Waals surface area contributed by atoms with E-state index in [0.717, 1.165) is 6.54 Å². The standard InChI is InChI=1S/C14H30N2/c1-7-11(3)16(6)12-9-10-14(4,5)13(12)15-8-2/h11-13,15H,7-10H2,1-6H3. The summed E-state index contributed by atoms with van der Waals surface area (Å²) >= 11 is 0. The first-order chi connectivity index (χ1) is 7.44. The molecule has 2 heteroatoms. The molecular formula is C14H30N2. The highest BCUT2D eigenvalue weighted by Gasteiger charge is 2.43. The Bertz CT molecular complexity index is 213. The second kappa shape index (κ2) is 5.50. The van der Waals surface area contributed by atoms with Gasteiger partial charge in [0.2, 0.25) is 0 Å². The molecule has 0 aromatic carbocycles. The van der Waals surface area contributed by atoms with Gasteiger partial charge in [0.25, 0.3) is 0 Å². The highest BCUT2D eigenvalue weighted by molar-refractivity contribution is 5.00. The summed E-state index contributed by atoms with van der Waals surface area (Å²) in [5, 5.41) is 3.70. The third kappa shape index (κ3) is 2.78. The maximum atomic E-state index is 3.70. The molecule has 3 atom stereocenters. The van der Waals surface area contributed by atoms with E-state index < -0.39 is 0 Å². The summed E-state index contributed by atoms with van der Waals surface area (Å²) in [5.41, 5.74) is 0.447. The normalized spacial score (nSPS) is 30.9. The van der Waals surface area contributed by atoms with Crippen LogP contribution in [0.15, 0.2) is 0 Å². The molecular weight excluding hydrogens is 196 g/mol. The fourth-order valence-electron chi connectivity index (χ4n) is 3.05. The van der Waals surface area contributed by atoms with Gasteiger partial charge in [-0.1, -0.05) is 27.7 Å². The van der Waals surface area contributed by atoms with Gasteiger partial charge in [0.1, 0.15) is 0 Å². The molecule has 0 amide bonds. The van der Waals surface area contributed by atoms with Crippen molar-refractivity contribution in [1.82, 2.24) is 10.2 Å². The molecule has 96 valence electrons. The van der Waals surface area contributed by atoms with Crippen molar-refractivity contribution in [2.24, 2.45) is 5.41 Å². The summed E-state index contributed by atoms with van der Waals surface area (Å²) in [4.78, 5) is 2.59. The maximum Gasteiger partial charge on any atom is 0.0274 e. The Hall–Kier alpha value is -0.0800. The molecule has 0 aliphatic heterocycles. The van der Waals surface area contributed by atoms with Gasteiger partial charge in [-0.2, -0.15) is 0 Å². The van der Waals surface area contributed by atoms with Crippen molar-refractivity contribution in [3.05, 3.63) is 0 Å². The zero-order chi connectivity index (χ0) is 12.3. The van der Waals surface area contributed by atoms with Crippen LogP contribution in [0, 0.1) is 5.41 Å². The first-order valence-corrected chi connectivity index (χ1v) is 6.89. The molecule has 2 nitrogen and oxygen atoms in total. The number of nitrogens with zero attached hydrogens (tertiary/aromatic N) is 1. The van der Waals surface area contributed by atoms with Gasteiger partial charge in [0.15, 0.2) is 0 Å². The van der Waals surface area contributed by atoms with E-state index in [1.54, 1.807) is 0 Å². The van der Waals surface area contributed by atoms with E-state index in [1.165, 1.54) is 19.3 Å². The van der Waals surface area contributed by atoms with Crippen LogP contribution in [0.4, 0.5) is 0 Å². The number of hydrogen-bond acceptors (Lipinski definition) is 2. The van der Waals surface area contributed by atoms with Gasteiger partial charge in [-0.25, -0.2) is 0 Å². The largest absolute Gasteiger partial charge is 0.312 e. The van der Waals surface area contributed by atoms with Crippen molar-refractivity contribution in [1.29, 1.82) is 0 Å². The van der Waals surface area contributed by atoms with Crippen LogP contribution >= 0.6 is 0 Å². The van der Waals surface area contributed by atoms with Crippen molar-refractivity contribution in [3.63, 3.8) is 0 Å². The van der Waals surface area contributed by atoms with Gasteiger partial charge in [0, 0.05) is 18.1 Å². The molecule has 1 aliphatic rings. The maximum absolute atomic E-state index is 3.70. The molecule has 0 radical (unpaired) electrons. The molecule has 1 N–H and O–H groups in total. The van der Waals surface area contributed by atoms with Crippen LogP contribution in [0.25, 0.3) is 0 Å². The summed E-state index contributed by atoms with van der Waals surface area (Å²) in [5.74, 6) is 0. The predicted octanol–water partition coefficient (Wildman–Crippen LogP) is 2.88. The number of rotatable bonds is 5. The Kier molecular flexibility index (Phi) is 4.81. The van der Waals surface area contributed by atoms with Crippen molar-refractivity contribution in [2.75, 3.05) is 13.6 Å². The average molecular weight is 226 g/mol. The minimum atomic E-state index is 0.447. The van der Waals surface area contributed by atoms with Crippen molar-refractivity contribution in [2.45, 2.75) is 72.0 Å². The van der Waals surface area contributed by atoms with Crippen LogP contribution < -0.4 is 5.32 Å². The Labute approximate surface area is 102 Å². The van der Waals surface area contributed by atoms with Crippen molar-refractivity contribution < 1.29 is 0 Å². The third-order valence-corrected chi connectivity index (χ3v) is 4.54. The molecule has 0 heterocycles. The molecule has 0 aromatic rings. The lowest BCUT2D eigenvalue weighted by molar-refractivity contribution is 0.134. The van der Waals surface area contributed by atoms with E-state index in [0.29, 0.717) is 23.5 Å². The second-order valence-corrected chi connectivity index (χ2v) is 6.05. The van der Waals surface area contributed by atoms with Gasteiger partial charge >= 0.3 is 0 Å². The van der Waals surface area contributed by atoms with Crippen LogP contribution in [0.3, 0.4) is 0 Å². The molecule has 1 rings (SSSR count). The van der Waals surface area contributed by atoms with Gasteiger partial charge in [-0.3, -0.25) is 4.90 Å². The van der Waals surface area contributed by atoms with Gasteiger partial charge in [-0.15, -0.1) is 0 Å². The highest BCUT2D eigenvalue weighted by atomic mass is 15.2. The molecule has 3 unspecified atom stereocenters. The van der Waals surface area contributed by atoms with E-state index in [4.69, 9.17) is 0 Å². The lowest BCUT2D eigenvalue weighted by Crippen LogP contribution is -2.52. The fourth-order valence-corrected chi connectivity index (χ4v) is 3.05. The molecule has 0 aromatic heterocycles. The first kappa shape index (κ1) is 14.0. The second-order valence-electron chi connectivity index (χ2n) is 6.05. The summed E-state index contributed by atoms with van der Waals surface area (Å²) in [6, 6.07) is 2.06.